The summed E-state index contributed by atoms with van der Waals surface area (Å²) in [6, 6.07) is 0.254. The number of hydrogen-bond donors (Lipinski definition) is 0. The molecule has 1 aliphatic heterocycles. The van der Waals surface area contributed by atoms with Gasteiger partial charge in [0, 0.05) is 18.2 Å². The zero-order valence-electron chi connectivity index (χ0n) is 13.8. The van der Waals surface area contributed by atoms with Crippen LogP contribution in [0.15, 0.2) is 22.3 Å². The molecule has 1 aliphatic rings. The molecule has 0 bridgehead atoms. The summed E-state index contributed by atoms with van der Waals surface area (Å²) < 4.78 is 0. The van der Waals surface area contributed by atoms with Gasteiger partial charge in [0.1, 0.15) is 0 Å². The quantitative estimate of drug-likeness (QED) is 0.699. The lowest BCUT2D eigenvalue weighted by atomic mass is 9.80. The minimum absolute atomic E-state index is 0.211. The number of nitrogens with zero attached hydrogens (tertiary/aromatic N) is 1. The number of hydrogen-bond acceptors (Lipinski definition) is 1. The van der Waals surface area contributed by atoms with Crippen molar-refractivity contribution in [2.24, 2.45) is 11.8 Å². The van der Waals surface area contributed by atoms with E-state index in [1.54, 1.807) is 0 Å². The zero-order valence-corrected chi connectivity index (χ0v) is 13.8. The third-order valence-electron chi connectivity index (χ3n) is 3.83. The Morgan fingerprint density at radius 3 is 1.84 bits per heavy atom. The lowest BCUT2D eigenvalue weighted by Gasteiger charge is -2.38. The molecule has 0 saturated heterocycles. The van der Waals surface area contributed by atoms with Crippen molar-refractivity contribution >= 4 is 5.91 Å². The molecule has 0 N–H and O–H groups in total. The Labute approximate surface area is 118 Å². The van der Waals surface area contributed by atoms with Crippen LogP contribution in [0.25, 0.3) is 0 Å². The molecule has 1 amide bonds. The summed E-state index contributed by atoms with van der Waals surface area (Å²) in [4.78, 5) is 14.7. The second kappa shape index (κ2) is 5.94. The zero-order chi connectivity index (χ0) is 14.9. The molecule has 2 nitrogen and oxygen atoms in total. The topological polar surface area (TPSA) is 20.3 Å². The van der Waals surface area contributed by atoms with E-state index < -0.39 is 0 Å². The molecule has 2 heteroatoms. The van der Waals surface area contributed by atoms with Gasteiger partial charge in [-0.25, -0.2) is 0 Å². The van der Waals surface area contributed by atoms with Crippen LogP contribution in [-0.4, -0.2) is 23.4 Å². The highest BCUT2D eigenvalue weighted by Crippen LogP contribution is 2.35. The molecule has 108 valence electrons. The van der Waals surface area contributed by atoms with Crippen LogP contribution in [0.1, 0.15) is 55.4 Å². The van der Waals surface area contributed by atoms with Crippen LogP contribution in [0.5, 0.6) is 0 Å². The predicted octanol–water partition coefficient (Wildman–Crippen LogP) is 4.18. The van der Waals surface area contributed by atoms with E-state index in [-0.39, 0.29) is 11.9 Å². The molecule has 0 aliphatic carbocycles. The second-order valence-corrected chi connectivity index (χ2v) is 6.65. The molecule has 0 aromatic rings. The van der Waals surface area contributed by atoms with Crippen molar-refractivity contribution in [3.05, 3.63) is 22.3 Å². The van der Waals surface area contributed by atoms with Crippen molar-refractivity contribution in [3.63, 3.8) is 0 Å². The Hall–Kier alpha value is -1.05. The molecule has 0 atom stereocenters. The van der Waals surface area contributed by atoms with Crippen molar-refractivity contribution in [1.29, 1.82) is 0 Å². The predicted molar refractivity (Wildman–Crippen MR) is 81.9 cm³/mol. The van der Waals surface area contributed by atoms with Crippen LogP contribution in [0.4, 0.5) is 0 Å². The van der Waals surface area contributed by atoms with Gasteiger partial charge in [-0.1, -0.05) is 33.3 Å². The second-order valence-electron chi connectivity index (χ2n) is 6.65. The van der Waals surface area contributed by atoms with Gasteiger partial charge in [0.05, 0.1) is 0 Å². The van der Waals surface area contributed by atoms with Crippen LogP contribution in [0.3, 0.4) is 0 Å². The van der Waals surface area contributed by atoms with Gasteiger partial charge in [-0.15, -0.1) is 0 Å². The van der Waals surface area contributed by atoms with Crippen molar-refractivity contribution in [2.45, 2.75) is 61.4 Å². The Bertz CT molecular complexity index is 421. The lowest BCUT2D eigenvalue weighted by Crippen LogP contribution is -2.44. The summed E-state index contributed by atoms with van der Waals surface area (Å²) in [5, 5.41) is 0. The van der Waals surface area contributed by atoms with Gasteiger partial charge in [0.15, 0.2) is 0 Å². The van der Waals surface area contributed by atoms with E-state index in [1.807, 2.05) is 4.90 Å². The van der Waals surface area contributed by atoms with E-state index >= 15 is 0 Å². The van der Waals surface area contributed by atoms with E-state index in [4.69, 9.17) is 0 Å². The molecule has 0 saturated carbocycles. The van der Waals surface area contributed by atoms with E-state index in [0.29, 0.717) is 11.8 Å². The minimum atomic E-state index is 0.211. The molecule has 1 rings (SSSR count). The van der Waals surface area contributed by atoms with Crippen LogP contribution in [0.2, 0.25) is 0 Å². The average Bonchev–Trinajstić information content (AvgIpc) is 2.26. The van der Waals surface area contributed by atoms with Gasteiger partial charge in [-0.2, -0.15) is 0 Å². The summed E-state index contributed by atoms with van der Waals surface area (Å²) in [6.45, 7) is 17.9. The fraction of sp³-hybridized carbons (Fsp3) is 0.706. The minimum Gasteiger partial charge on any atom is -0.332 e. The van der Waals surface area contributed by atoms with Gasteiger partial charge < -0.3 is 4.90 Å². The Morgan fingerprint density at radius 1 is 1.00 bits per heavy atom. The maximum Gasteiger partial charge on any atom is 0.254 e. The fourth-order valence-corrected chi connectivity index (χ4v) is 2.81. The van der Waals surface area contributed by atoms with Gasteiger partial charge in [-0.05, 0) is 50.7 Å². The van der Waals surface area contributed by atoms with Crippen molar-refractivity contribution < 1.29 is 4.79 Å². The van der Waals surface area contributed by atoms with Crippen LogP contribution in [0, 0.1) is 11.8 Å². The standard InChI is InChI=1S/C17H29NO/c1-10(2)14-9-18(13(7)8)17(19)16(12(5)6)15(14)11(3)4/h10-11,13H,9H2,1-8H3. The average molecular weight is 263 g/mol. The number of rotatable bonds is 3. The lowest BCUT2D eigenvalue weighted by molar-refractivity contribution is -0.128. The summed E-state index contributed by atoms with van der Waals surface area (Å²) in [6.07, 6.45) is 0. The maximum atomic E-state index is 12.7. The highest BCUT2D eigenvalue weighted by Gasteiger charge is 2.33. The maximum absolute atomic E-state index is 12.7. The number of allylic oxidation sites excluding steroid dienone is 1. The fourth-order valence-electron chi connectivity index (χ4n) is 2.81. The molecule has 19 heavy (non-hydrogen) atoms. The number of carbonyl (C=O) groups excluding carboxylic acids is 1. The third-order valence-corrected chi connectivity index (χ3v) is 3.83. The highest BCUT2D eigenvalue weighted by molar-refractivity contribution is 6.00. The largest absolute Gasteiger partial charge is 0.332 e. The Balaban J connectivity index is 3.51. The van der Waals surface area contributed by atoms with E-state index in [0.717, 1.165) is 17.7 Å². The van der Waals surface area contributed by atoms with Gasteiger partial charge >= 0.3 is 0 Å². The van der Waals surface area contributed by atoms with Gasteiger partial charge in [0.25, 0.3) is 5.91 Å². The van der Waals surface area contributed by atoms with Gasteiger partial charge in [0.2, 0.25) is 0 Å². The molecule has 0 aromatic carbocycles. The molecular formula is C17H29NO. The van der Waals surface area contributed by atoms with Crippen LogP contribution in [-0.2, 0) is 4.79 Å². The summed E-state index contributed by atoms with van der Waals surface area (Å²) in [5.74, 6) is 1.10. The van der Waals surface area contributed by atoms with Crippen molar-refractivity contribution in [3.8, 4) is 0 Å². The first kappa shape index (κ1) is 16.0. The first-order valence-corrected chi connectivity index (χ1v) is 7.40. The third kappa shape index (κ3) is 3.10. The highest BCUT2D eigenvalue weighted by atomic mass is 16.2. The Kier molecular flexibility index (Phi) is 5.00. The molecule has 0 aromatic heterocycles. The first-order valence-electron chi connectivity index (χ1n) is 7.40. The molecule has 0 unspecified atom stereocenters. The van der Waals surface area contributed by atoms with Crippen molar-refractivity contribution in [1.82, 2.24) is 4.90 Å². The number of amides is 1. The molecule has 1 heterocycles. The Morgan fingerprint density at radius 2 is 1.53 bits per heavy atom. The smallest absolute Gasteiger partial charge is 0.254 e. The number of carbonyl (C=O) groups is 1. The van der Waals surface area contributed by atoms with E-state index in [1.165, 1.54) is 11.1 Å². The molecule has 0 spiro atoms. The SMILES string of the molecule is CC(C)=C1C(=O)N(C(C)C)CC(C(C)C)=C1C(C)C. The first-order chi connectivity index (χ1) is 8.68. The van der Waals surface area contributed by atoms with Crippen molar-refractivity contribution in [2.75, 3.05) is 6.54 Å². The van der Waals surface area contributed by atoms with E-state index in [2.05, 4.69) is 55.4 Å². The van der Waals surface area contributed by atoms with Gasteiger partial charge in [-0.3, -0.25) is 4.79 Å². The molecule has 0 fully saturated rings. The van der Waals surface area contributed by atoms with E-state index in [9.17, 15) is 4.79 Å². The molecule has 0 radical (unpaired) electrons. The normalized spacial score (nSPS) is 17.3. The summed E-state index contributed by atoms with van der Waals surface area (Å²) >= 11 is 0. The van der Waals surface area contributed by atoms with Crippen LogP contribution < -0.4 is 0 Å². The van der Waals surface area contributed by atoms with Crippen LogP contribution >= 0.6 is 0 Å². The monoisotopic (exact) mass is 263 g/mol. The summed E-state index contributed by atoms with van der Waals surface area (Å²) in [7, 11) is 0. The summed E-state index contributed by atoms with van der Waals surface area (Å²) in [5.41, 5.74) is 4.81. The molecular weight excluding hydrogens is 234 g/mol.